The Morgan fingerprint density at radius 1 is 1.33 bits per heavy atom. The van der Waals surface area contributed by atoms with E-state index in [2.05, 4.69) is 0 Å². The molecule has 0 aliphatic carbocycles. The lowest BCUT2D eigenvalue weighted by molar-refractivity contribution is 0.623. The van der Waals surface area contributed by atoms with Gasteiger partial charge in [-0.25, -0.2) is 4.79 Å². The molecule has 0 spiro atoms. The van der Waals surface area contributed by atoms with Crippen LogP contribution in [0.5, 0.6) is 0 Å². The second kappa shape index (κ2) is 5.18. The monoisotopic (exact) mass is 261 g/mol. The first kappa shape index (κ1) is 12.6. The van der Waals surface area contributed by atoms with Gasteiger partial charge in [-0.1, -0.05) is 42.5 Å². The zero-order valence-corrected chi connectivity index (χ0v) is 10.9. The minimum Gasteiger partial charge on any atom is -0.393 e. The Hall–Kier alpha value is -1.88. The average Bonchev–Trinajstić information content (AvgIpc) is 2.68. The highest BCUT2D eigenvalue weighted by molar-refractivity contribution is 7.80. The minimum absolute atomic E-state index is 0.0628. The highest BCUT2D eigenvalue weighted by atomic mass is 32.1. The molecule has 2 rings (SSSR count). The molecule has 0 radical (unpaired) electrons. The Morgan fingerprint density at radius 2 is 2.00 bits per heavy atom. The van der Waals surface area contributed by atoms with E-state index in [9.17, 15) is 4.79 Å². The Morgan fingerprint density at radius 3 is 2.50 bits per heavy atom. The predicted octanol–water partition coefficient (Wildman–Crippen LogP) is 1.26. The van der Waals surface area contributed by atoms with Gasteiger partial charge in [-0.2, -0.15) is 0 Å². The van der Waals surface area contributed by atoms with Crippen LogP contribution in [0.3, 0.4) is 0 Å². The molecule has 2 N–H and O–H groups in total. The van der Waals surface area contributed by atoms with Crippen LogP contribution < -0.4 is 11.4 Å². The number of thiocarbonyl (C=S) groups is 1. The van der Waals surface area contributed by atoms with Crippen molar-refractivity contribution < 1.29 is 0 Å². The Bertz CT molecular complexity index is 600. The summed E-state index contributed by atoms with van der Waals surface area (Å²) in [7, 11) is 1.72. The van der Waals surface area contributed by atoms with E-state index in [-0.39, 0.29) is 11.6 Å². The Balaban J connectivity index is 2.31. The van der Waals surface area contributed by atoms with Crippen LogP contribution in [0.4, 0.5) is 0 Å². The van der Waals surface area contributed by atoms with Crippen molar-refractivity contribution in [3.8, 4) is 0 Å². The summed E-state index contributed by atoms with van der Waals surface area (Å²) in [5.74, 6) is -0.124. The third kappa shape index (κ3) is 2.51. The quantitative estimate of drug-likeness (QED) is 0.843. The first-order valence-corrected chi connectivity index (χ1v) is 6.06. The van der Waals surface area contributed by atoms with Gasteiger partial charge < -0.3 is 10.3 Å². The number of aromatic nitrogens is 2. The summed E-state index contributed by atoms with van der Waals surface area (Å²) in [6.07, 6.45) is 3.47. The van der Waals surface area contributed by atoms with Gasteiger partial charge in [-0.05, 0) is 5.56 Å². The van der Waals surface area contributed by atoms with E-state index in [0.717, 1.165) is 5.56 Å². The first-order valence-electron chi connectivity index (χ1n) is 5.65. The second-order valence-corrected chi connectivity index (χ2v) is 4.68. The lowest BCUT2D eigenvalue weighted by Crippen LogP contribution is -2.29. The first-order chi connectivity index (χ1) is 8.59. The summed E-state index contributed by atoms with van der Waals surface area (Å²) in [4.78, 5) is 12.2. The molecular weight excluding hydrogens is 246 g/mol. The van der Waals surface area contributed by atoms with E-state index in [1.807, 2.05) is 30.3 Å². The fraction of sp³-hybridized carbons (Fsp3) is 0.231. The molecule has 2 aromatic rings. The average molecular weight is 261 g/mol. The molecule has 4 nitrogen and oxygen atoms in total. The van der Waals surface area contributed by atoms with E-state index in [0.29, 0.717) is 11.5 Å². The van der Waals surface area contributed by atoms with Gasteiger partial charge in [0.05, 0.1) is 10.9 Å². The number of hydrogen-bond donors (Lipinski definition) is 1. The molecule has 0 saturated carbocycles. The van der Waals surface area contributed by atoms with Crippen molar-refractivity contribution in [3.63, 3.8) is 0 Å². The molecule has 94 valence electrons. The van der Waals surface area contributed by atoms with Gasteiger partial charge in [-0.15, -0.1) is 0 Å². The fourth-order valence-corrected chi connectivity index (χ4v) is 2.10. The Labute approximate surface area is 111 Å². The summed E-state index contributed by atoms with van der Waals surface area (Å²) >= 11 is 5.10. The van der Waals surface area contributed by atoms with Gasteiger partial charge in [0, 0.05) is 26.0 Å². The molecule has 0 fully saturated rings. The van der Waals surface area contributed by atoms with Crippen molar-refractivity contribution in [2.24, 2.45) is 12.8 Å². The van der Waals surface area contributed by atoms with Gasteiger partial charge in [0.25, 0.3) is 0 Å². The van der Waals surface area contributed by atoms with Gasteiger partial charge in [0.15, 0.2) is 0 Å². The minimum atomic E-state index is -0.124. The normalized spacial score (nSPS) is 12.3. The van der Waals surface area contributed by atoms with Gasteiger partial charge >= 0.3 is 5.69 Å². The maximum absolute atomic E-state index is 11.8. The number of nitrogens with two attached hydrogens (primary N) is 1. The van der Waals surface area contributed by atoms with Crippen molar-refractivity contribution in [1.29, 1.82) is 0 Å². The highest BCUT2D eigenvalue weighted by Crippen LogP contribution is 2.17. The zero-order valence-electron chi connectivity index (χ0n) is 10.1. The number of nitrogens with zero attached hydrogens (tertiary/aromatic N) is 2. The van der Waals surface area contributed by atoms with Crippen molar-refractivity contribution in [2.45, 2.75) is 12.5 Å². The lowest BCUT2D eigenvalue weighted by Gasteiger charge is -2.16. The molecule has 1 aromatic carbocycles. The molecule has 1 heterocycles. The third-order valence-electron chi connectivity index (χ3n) is 2.94. The molecule has 5 heteroatoms. The van der Waals surface area contributed by atoms with E-state index in [1.165, 1.54) is 4.57 Å². The van der Waals surface area contributed by atoms with Crippen LogP contribution >= 0.6 is 12.2 Å². The molecule has 0 aliphatic heterocycles. The van der Waals surface area contributed by atoms with Crippen LogP contribution in [0.15, 0.2) is 47.5 Å². The summed E-state index contributed by atoms with van der Waals surface area (Å²) in [5, 5.41) is 0. The van der Waals surface area contributed by atoms with Crippen LogP contribution in [0, 0.1) is 0 Å². The van der Waals surface area contributed by atoms with Crippen molar-refractivity contribution >= 4 is 17.2 Å². The summed E-state index contributed by atoms with van der Waals surface area (Å²) in [5.41, 5.74) is 6.75. The van der Waals surface area contributed by atoms with E-state index < -0.39 is 0 Å². The summed E-state index contributed by atoms with van der Waals surface area (Å²) in [6, 6.07) is 9.76. The van der Waals surface area contributed by atoms with Crippen molar-refractivity contribution in [2.75, 3.05) is 0 Å². The van der Waals surface area contributed by atoms with Gasteiger partial charge in [0.1, 0.15) is 0 Å². The molecule has 0 saturated heterocycles. The van der Waals surface area contributed by atoms with Crippen molar-refractivity contribution in [1.82, 2.24) is 9.13 Å². The molecule has 1 unspecified atom stereocenters. The Kier molecular flexibility index (Phi) is 3.62. The number of benzene rings is 1. The fourth-order valence-electron chi connectivity index (χ4n) is 1.89. The van der Waals surface area contributed by atoms with E-state index in [1.54, 1.807) is 24.0 Å². The number of imidazole rings is 1. The predicted molar refractivity (Wildman–Crippen MR) is 75.6 cm³/mol. The van der Waals surface area contributed by atoms with E-state index >= 15 is 0 Å². The van der Waals surface area contributed by atoms with Crippen LogP contribution in [0.2, 0.25) is 0 Å². The van der Waals surface area contributed by atoms with Gasteiger partial charge in [-0.3, -0.25) is 4.57 Å². The SMILES string of the molecule is Cn1ccn(CC(C(N)=S)c2ccccc2)c1=O. The second-order valence-electron chi connectivity index (χ2n) is 4.21. The largest absolute Gasteiger partial charge is 0.393 e. The zero-order chi connectivity index (χ0) is 13.1. The highest BCUT2D eigenvalue weighted by Gasteiger charge is 2.16. The van der Waals surface area contributed by atoms with Crippen LogP contribution in [0.1, 0.15) is 11.5 Å². The maximum Gasteiger partial charge on any atom is 0.327 e. The molecule has 18 heavy (non-hydrogen) atoms. The molecule has 1 atom stereocenters. The lowest BCUT2D eigenvalue weighted by atomic mass is 9.99. The molecule has 1 aromatic heterocycles. The summed E-state index contributed by atoms with van der Waals surface area (Å²) in [6.45, 7) is 0.471. The maximum atomic E-state index is 11.8. The smallest absolute Gasteiger partial charge is 0.327 e. The van der Waals surface area contributed by atoms with Crippen LogP contribution in [0.25, 0.3) is 0 Å². The van der Waals surface area contributed by atoms with Crippen LogP contribution in [-0.4, -0.2) is 14.1 Å². The molecule has 0 amide bonds. The standard InChI is InChI=1S/C13H15N3OS/c1-15-7-8-16(13(15)17)9-11(12(14)18)10-5-3-2-4-6-10/h2-8,11H,9H2,1H3,(H2,14,18). The van der Waals surface area contributed by atoms with Crippen LogP contribution in [-0.2, 0) is 13.6 Å². The molecule has 0 aliphatic rings. The summed E-state index contributed by atoms with van der Waals surface area (Å²) < 4.78 is 3.15. The van der Waals surface area contributed by atoms with Crippen molar-refractivity contribution in [3.05, 3.63) is 58.8 Å². The number of rotatable bonds is 4. The van der Waals surface area contributed by atoms with E-state index in [4.69, 9.17) is 18.0 Å². The number of aryl methyl sites for hydroxylation is 1. The molecule has 0 bridgehead atoms. The third-order valence-corrected chi connectivity index (χ3v) is 3.23. The molecular formula is C13H15N3OS. The topological polar surface area (TPSA) is 52.9 Å². The number of hydrogen-bond acceptors (Lipinski definition) is 2. The van der Waals surface area contributed by atoms with Gasteiger partial charge in [0.2, 0.25) is 0 Å².